The van der Waals surface area contributed by atoms with Crippen molar-refractivity contribution < 1.29 is 9.84 Å². The van der Waals surface area contributed by atoms with Crippen LogP contribution < -0.4 is 0 Å². The Morgan fingerprint density at radius 3 is 3.00 bits per heavy atom. The normalized spacial score (nSPS) is 29.4. The van der Waals surface area contributed by atoms with Crippen LogP contribution in [-0.2, 0) is 4.74 Å². The van der Waals surface area contributed by atoms with Gasteiger partial charge in [0.1, 0.15) is 0 Å². The fourth-order valence-electron chi connectivity index (χ4n) is 1.71. The average molecular weight is 219 g/mol. The Balaban J connectivity index is 2.25. The molecule has 0 aromatic carbocycles. The van der Waals surface area contributed by atoms with Gasteiger partial charge >= 0.3 is 0 Å². The molecular weight excluding hydrogens is 198 g/mol. The zero-order chi connectivity index (χ0) is 10.4. The van der Waals surface area contributed by atoms with Crippen LogP contribution in [-0.4, -0.2) is 60.5 Å². The number of aliphatic hydroxyl groups is 1. The van der Waals surface area contributed by atoms with E-state index in [1.165, 1.54) is 12.2 Å². The van der Waals surface area contributed by atoms with Crippen LogP contribution in [0.5, 0.6) is 0 Å². The standard InChI is InChI=1S/C10H21NO2S/c1-9-8-13-10(7-12)6-11(9)4-3-5-14-2/h9-10,12H,3-8H2,1-2H3. The van der Waals surface area contributed by atoms with Crippen molar-refractivity contribution in [3.63, 3.8) is 0 Å². The van der Waals surface area contributed by atoms with Crippen LogP contribution in [0.3, 0.4) is 0 Å². The monoisotopic (exact) mass is 219 g/mol. The summed E-state index contributed by atoms with van der Waals surface area (Å²) < 4.78 is 5.48. The van der Waals surface area contributed by atoms with Gasteiger partial charge in [0.15, 0.2) is 0 Å². The van der Waals surface area contributed by atoms with Crippen LogP contribution in [0.1, 0.15) is 13.3 Å². The van der Waals surface area contributed by atoms with Gasteiger partial charge in [-0.1, -0.05) is 0 Å². The Labute approximate surface area is 90.8 Å². The van der Waals surface area contributed by atoms with E-state index in [-0.39, 0.29) is 12.7 Å². The lowest BCUT2D eigenvalue weighted by Crippen LogP contribution is -2.49. The molecule has 0 amide bonds. The van der Waals surface area contributed by atoms with E-state index in [4.69, 9.17) is 9.84 Å². The molecule has 1 N–H and O–H groups in total. The highest BCUT2D eigenvalue weighted by Crippen LogP contribution is 2.12. The second-order valence-electron chi connectivity index (χ2n) is 3.83. The number of ether oxygens (including phenoxy) is 1. The zero-order valence-electron chi connectivity index (χ0n) is 9.11. The zero-order valence-corrected chi connectivity index (χ0v) is 9.92. The highest BCUT2D eigenvalue weighted by Gasteiger charge is 2.24. The van der Waals surface area contributed by atoms with Crippen molar-refractivity contribution in [2.75, 3.05) is 38.3 Å². The van der Waals surface area contributed by atoms with Gasteiger partial charge in [-0.3, -0.25) is 4.90 Å². The van der Waals surface area contributed by atoms with Gasteiger partial charge in [-0.25, -0.2) is 0 Å². The lowest BCUT2D eigenvalue weighted by Gasteiger charge is -2.37. The number of nitrogens with zero attached hydrogens (tertiary/aromatic N) is 1. The fourth-order valence-corrected chi connectivity index (χ4v) is 2.13. The molecule has 84 valence electrons. The summed E-state index contributed by atoms with van der Waals surface area (Å²) in [6.45, 7) is 5.09. The van der Waals surface area contributed by atoms with Crippen LogP contribution in [0.25, 0.3) is 0 Å². The van der Waals surface area contributed by atoms with Crippen molar-refractivity contribution in [2.45, 2.75) is 25.5 Å². The maximum Gasteiger partial charge on any atom is 0.0933 e. The van der Waals surface area contributed by atoms with Crippen LogP contribution in [0.2, 0.25) is 0 Å². The van der Waals surface area contributed by atoms with Crippen LogP contribution in [0, 0.1) is 0 Å². The summed E-state index contributed by atoms with van der Waals surface area (Å²) >= 11 is 1.89. The molecule has 0 spiro atoms. The van der Waals surface area contributed by atoms with Crippen LogP contribution >= 0.6 is 11.8 Å². The molecule has 1 aliphatic heterocycles. The van der Waals surface area contributed by atoms with Crippen molar-refractivity contribution >= 4 is 11.8 Å². The third kappa shape index (κ3) is 3.77. The number of thioether (sulfide) groups is 1. The molecule has 1 saturated heterocycles. The van der Waals surface area contributed by atoms with Crippen LogP contribution in [0.15, 0.2) is 0 Å². The molecule has 4 heteroatoms. The summed E-state index contributed by atoms with van der Waals surface area (Å²) in [7, 11) is 0. The van der Waals surface area contributed by atoms with Gasteiger partial charge in [0.25, 0.3) is 0 Å². The van der Waals surface area contributed by atoms with Gasteiger partial charge in [0.2, 0.25) is 0 Å². The number of aliphatic hydroxyl groups excluding tert-OH is 1. The van der Waals surface area contributed by atoms with Crippen LogP contribution in [0.4, 0.5) is 0 Å². The summed E-state index contributed by atoms with van der Waals surface area (Å²) in [4.78, 5) is 2.42. The molecule has 0 aromatic rings. The minimum atomic E-state index is 0.0282. The van der Waals surface area contributed by atoms with E-state index in [0.29, 0.717) is 6.04 Å². The number of hydrogen-bond acceptors (Lipinski definition) is 4. The summed E-state index contributed by atoms with van der Waals surface area (Å²) in [5, 5.41) is 9.01. The first-order chi connectivity index (χ1) is 6.77. The molecule has 1 aliphatic rings. The largest absolute Gasteiger partial charge is 0.394 e. The molecule has 2 atom stereocenters. The Kier molecular flexibility index (Phi) is 5.86. The number of morpholine rings is 1. The van der Waals surface area contributed by atoms with Gasteiger partial charge in [0.05, 0.1) is 19.3 Å². The predicted octanol–water partition coefficient (Wildman–Crippen LogP) is 0.821. The fraction of sp³-hybridized carbons (Fsp3) is 1.00. The number of rotatable bonds is 5. The SMILES string of the molecule is CSCCCN1CC(CO)OCC1C. The minimum absolute atomic E-state index is 0.0282. The van der Waals surface area contributed by atoms with E-state index in [9.17, 15) is 0 Å². The Bertz CT molecular complexity index is 157. The predicted molar refractivity (Wildman–Crippen MR) is 60.9 cm³/mol. The smallest absolute Gasteiger partial charge is 0.0933 e. The molecule has 2 unspecified atom stereocenters. The molecule has 0 aromatic heterocycles. The first kappa shape index (κ1) is 12.3. The minimum Gasteiger partial charge on any atom is -0.394 e. The van der Waals surface area contributed by atoms with Gasteiger partial charge in [-0.2, -0.15) is 11.8 Å². The first-order valence-electron chi connectivity index (χ1n) is 5.23. The van der Waals surface area contributed by atoms with E-state index in [1.54, 1.807) is 0 Å². The van der Waals surface area contributed by atoms with E-state index >= 15 is 0 Å². The van der Waals surface area contributed by atoms with Crippen molar-refractivity contribution in [1.29, 1.82) is 0 Å². The van der Waals surface area contributed by atoms with E-state index in [0.717, 1.165) is 19.7 Å². The molecule has 3 nitrogen and oxygen atoms in total. The van der Waals surface area contributed by atoms with Gasteiger partial charge in [-0.05, 0) is 31.9 Å². The average Bonchev–Trinajstić information content (AvgIpc) is 2.21. The highest BCUT2D eigenvalue weighted by atomic mass is 32.2. The molecule has 0 aliphatic carbocycles. The Hall–Kier alpha value is 0.230. The van der Waals surface area contributed by atoms with E-state index in [1.807, 2.05) is 11.8 Å². The quantitative estimate of drug-likeness (QED) is 0.694. The maximum absolute atomic E-state index is 9.01. The maximum atomic E-state index is 9.01. The summed E-state index contributed by atoms with van der Waals surface area (Å²) in [5.41, 5.74) is 0. The molecule has 0 saturated carbocycles. The second-order valence-corrected chi connectivity index (χ2v) is 4.81. The molecule has 1 fully saturated rings. The lowest BCUT2D eigenvalue weighted by molar-refractivity contribution is -0.0774. The van der Waals surface area contributed by atoms with Crippen molar-refractivity contribution in [3.8, 4) is 0 Å². The third-order valence-electron chi connectivity index (χ3n) is 2.63. The molecule has 0 bridgehead atoms. The lowest BCUT2D eigenvalue weighted by atomic mass is 10.2. The highest BCUT2D eigenvalue weighted by molar-refractivity contribution is 7.98. The van der Waals surface area contributed by atoms with E-state index < -0.39 is 0 Å². The topological polar surface area (TPSA) is 32.7 Å². The summed E-state index contributed by atoms with van der Waals surface area (Å²) in [6.07, 6.45) is 3.39. The summed E-state index contributed by atoms with van der Waals surface area (Å²) in [5.74, 6) is 1.22. The third-order valence-corrected chi connectivity index (χ3v) is 3.33. The Morgan fingerprint density at radius 1 is 1.57 bits per heavy atom. The van der Waals surface area contributed by atoms with Crippen molar-refractivity contribution in [1.82, 2.24) is 4.90 Å². The molecular formula is C10H21NO2S. The molecule has 1 heterocycles. The molecule has 1 rings (SSSR count). The van der Waals surface area contributed by atoms with E-state index in [2.05, 4.69) is 18.1 Å². The second kappa shape index (κ2) is 6.67. The van der Waals surface area contributed by atoms with Gasteiger partial charge < -0.3 is 9.84 Å². The van der Waals surface area contributed by atoms with Crippen molar-refractivity contribution in [3.05, 3.63) is 0 Å². The summed E-state index contributed by atoms with van der Waals surface area (Å²) in [6, 6.07) is 0.500. The Morgan fingerprint density at radius 2 is 2.36 bits per heavy atom. The van der Waals surface area contributed by atoms with Crippen molar-refractivity contribution in [2.24, 2.45) is 0 Å². The van der Waals surface area contributed by atoms with Gasteiger partial charge in [0, 0.05) is 12.6 Å². The number of hydrogen-bond donors (Lipinski definition) is 1. The van der Waals surface area contributed by atoms with Gasteiger partial charge in [-0.15, -0.1) is 0 Å². The molecule has 0 radical (unpaired) electrons. The first-order valence-corrected chi connectivity index (χ1v) is 6.62. The molecule has 14 heavy (non-hydrogen) atoms.